The summed E-state index contributed by atoms with van der Waals surface area (Å²) >= 11 is 0. The molecule has 0 atom stereocenters. The lowest BCUT2D eigenvalue weighted by Gasteiger charge is -2.37. The summed E-state index contributed by atoms with van der Waals surface area (Å²) in [5.74, 6) is 0.178. The number of carbonyl (C=O) groups is 2. The number of hydrogen-bond acceptors (Lipinski definition) is 3. The Morgan fingerprint density at radius 1 is 1.23 bits per heavy atom. The van der Waals surface area contributed by atoms with Gasteiger partial charge in [-0.05, 0) is 45.7 Å². The predicted molar refractivity (Wildman–Crippen MR) is 84.4 cm³/mol. The van der Waals surface area contributed by atoms with Crippen molar-refractivity contribution in [2.75, 3.05) is 7.11 Å². The summed E-state index contributed by atoms with van der Waals surface area (Å²) in [6.45, 7) is 5.67. The van der Waals surface area contributed by atoms with E-state index in [4.69, 9.17) is 4.74 Å². The molecule has 0 aromatic heterocycles. The smallest absolute Gasteiger partial charge is 0.276 e. The van der Waals surface area contributed by atoms with Crippen molar-refractivity contribution in [3.63, 3.8) is 0 Å². The summed E-state index contributed by atoms with van der Waals surface area (Å²) in [6.07, 6.45) is 2.87. The second kappa shape index (κ2) is 6.38. The number of amides is 2. The molecule has 0 unspecified atom stereocenters. The molecular weight excluding hydrogens is 280 g/mol. The number of methoxy groups -OCH3 is 1. The number of nitrogens with zero attached hydrogens (tertiary/aromatic N) is 1. The van der Waals surface area contributed by atoms with E-state index in [1.165, 1.54) is 12.1 Å². The van der Waals surface area contributed by atoms with Crippen molar-refractivity contribution in [1.82, 2.24) is 10.4 Å². The van der Waals surface area contributed by atoms with Crippen LogP contribution < -0.4 is 10.2 Å². The summed E-state index contributed by atoms with van der Waals surface area (Å²) in [6, 6.07) is 7.03. The highest BCUT2D eigenvalue weighted by molar-refractivity contribution is 5.98. The lowest BCUT2D eigenvalue weighted by atomic mass is 9.85. The van der Waals surface area contributed by atoms with E-state index in [1.54, 1.807) is 18.2 Å². The molecule has 0 saturated heterocycles. The Morgan fingerprint density at radius 3 is 2.36 bits per heavy atom. The first-order valence-electron chi connectivity index (χ1n) is 7.62. The van der Waals surface area contributed by atoms with Gasteiger partial charge in [0.25, 0.3) is 5.91 Å². The average molecular weight is 304 g/mol. The van der Waals surface area contributed by atoms with Crippen LogP contribution in [0.4, 0.5) is 0 Å². The molecule has 1 aliphatic rings. The third kappa shape index (κ3) is 3.40. The van der Waals surface area contributed by atoms with Gasteiger partial charge in [-0.15, -0.1) is 0 Å². The van der Waals surface area contributed by atoms with Crippen LogP contribution in [0.2, 0.25) is 0 Å². The molecule has 1 aromatic carbocycles. The van der Waals surface area contributed by atoms with E-state index in [9.17, 15) is 9.59 Å². The minimum atomic E-state index is -0.530. The van der Waals surface area contributed by atoms with Crippen LogP contribution in [0.15, 0.2) is 24.3 Å². The molecule has 1 N–H and O–H groups in total. The molecule has 5 nitrogen and oxygen atoms in total. The van der Waals surface area contributed by atoms with Gasteiger partial charge in [-0.2, -0.15) is 0 Å². The molecule has 0 radical (unpaired) electrons. The minimum absolute atomic E-state index is 0.0234. The molecule has 0 spiro atoms. The van der Waals surface area contributed by atoms with E-state index in [2.05, 4.69) is 5.43 Å². The van der Waals surface area contributed by atoms with Crippen molar-refractivity contribution in [1.29, 1.82) is 0 Å². The van der Waals surface area contributed by atoms with Crippen molar-refractivity contribution >= 4 is 11.8 Å². The molecule has 1 fully saturated rings. The number of rotatable bonds is 3. The van der Waals surface area contributed by atoms with E-state index in [0.29, 0.717) is 11.3 Å². The molecule has 2 amide bonds. The largest absolute Gasteiger partial charge is 0.496 e. The Hall–Kier alpha value is -2.04. The summed E-state index contributed by atoms with van der Waals surface area (Å²) in [5.41, 5.74) is 2.71. The Morgan fingerprint density at radius 2 is 1.86 bits per heavy atom. The molecule has 0 heterocycles. The fraction of sp³-hybridized carbons (Fsp3) is 0.529. The number of benzene rings is 1. The van der Waals surface area contributed by atoms with Gasteiger partial charge in [-0.3, -0.25) is 15.0 Å². The lowest BCUT2D eigenvalue weighted by Crippen LogP contribution is -2.57. The fourth-order valence-electron chi connectivity index (χ4n) is 2.34. The Labute approximate surface area is 131 Å². The van der Waals surface area contributed by atoms with E-state index in [-0.39, 0.29) is 17.7 Å². The zero-order valence-electron chi connectivity index (χ0n) is 13.7. The zero-order valence-corrected chi connectivity index (χ0v) is 13.7. The van der Waals surface area contributed by atoms with Gasteiger partial charge in [-0.1, -0.05) is 18.6 Å². The number of nitrogens with one attached hydrogen (secondary N) is 1. The Bertz CT molecular complexity index is 559. The van der Waals surface area contributed by atoms with E-state index in [1.807, 2.05) is 26.8 Å². The SMILES string of the molecule is COc1ccccc1C(=O)N(NC(=O)C1CCC1)C(C)(C)C. The summed E-state index contributed by atoms with van der Waals surface area (Å²) in [5, 5.41) is 1.41. The number of ether oxygens (including phenoxy) is 1. The molecule has 0 bridgehead atoms. The van der Waals surface area contributed by atoms with Gasteiger partial charge in [0.15, 0.2) is 0 Å². The zero-order chi connectivity index (χ0) is 16.3. The van der Waals surface area contributed by atoms with Crippen molar-refractivity contribution in [2.45, 2.75) is 45.6 Å². The average Bonchev–Trinajstić information content (AvgIpc) is 2.41. The van der Waals surface area contributed by atoms with Gasteiger partial charge in [-0.25, -0.2) is 5.01 Å². The lowest BCUT2D eigenvalue weighted by molar-refractivity contribution is -0.133. The first-order chi connectivity index (χ1) is 10.3. The van der Waals surface area contributed by atoms with E-state index in [0.717, 1.165) is 19.3 Å². The van der Waals surface area contributed by atoms with Gasteiger partial charge >= 0.3 is 0 Å². The number of hydrazine groups is 1. The molecule has 0 aliphatic heterocycles. The van der Waals surface area contributed by atoms with Crippen molar-refractivity contribution in [2.24, 2.45) is 5.92 Å². The fourth-order valence-corrected chi connectivity index (χ4v) is 2.34. The molecular formula is C17H24N2O3. The van der Waals surface area contributed by atoms with Crippen LogP contribution in [0.1, 0.15) is 50.4 Å². The van der Waals surface area contributed by atoms with Gasteiger partial charge in [0.05, 0.1) is 18.2 Å². The molecule has 5 heteroatoms. The monoisotopic (exact) mass is 304 g/mol. The van der Waals surface area contributed by atoms with E-state index < -0.39 is 5.54 Å². The predicted octanol–water partition coefficient (Wildman–Crippen LogP) is 2.77. The molecule has 1 aliphatic carbocycles. The topological polar surface area (TPSA) is 58.6 Å². The van der Waals surface area contributed by atoms with Crippen LogP contribution in [0.25, 0.3) is 0 Å². The van der Waals surface area contributed by atoms with Crippen LogP contribution in [0.5, 0.6) is 5.75 Å². The van der Waals surface area contributed by atoms with Crippen molar-refractivity contribution < 1.29 is 14.3 Å². The van der Waals surface area contributed by atoms with Gasteiger partial charge < -0.3 is 4.74 Å². The molecule has 1 saturated carbocycles. The van der Waals surface area contributed by atoms with Crippen LogP contribution in [0.3, 0.4) is 0 Å². The minimum Gasteiger partial charge on any atom is -0.496 e. The normalized spacial score (nSPS) is 14.9. The standard InChI is InChI=1S/C17H24N2O3/c1-17(2,3)19(18-15(20)12-8-7-9-12)16(21)13-10-5-6-11-14(13)22-4/h5-6,10-12H,7-9H2,1-4H3,(H,18,20). The molecule has 1 aromatic rings. The first kappa shape index (κ1) is 16.3. The Balaban J connectivity index is 2.24. The summed E-state index contributed by atoms with van der Waals surface area (Å²) in [4.78, 5) is 25.1. The van der Waals surface area contributed by atoms with Crippen molar-refractivity contribution in [3.8, 4) is 5.75 Å². The number of para-hydroxylation sites is 1. The second-order valence-electron chi connectivity index (χ2n) is 6.62. The van der Waals surface area contributed by atoms with Gasteiger partial charge in [0.2, 0.25) is 5.91 Å². The highest BCUT2D eigenvalue weighted by Gasteiger charge is 2.34. The van der Waals surface area contributed by atoms with E-state index >= 15 is 0 Å². The number of hydrogen-bond donors (Lipinski definition) is 1. The first-order valence-corrected chi connectivity index (χ1v) is 7.62. The third-order valence-corrected chi connectivity index (χ3v) is 3.91. The van der Waals surface area contributed by atoms with Gasteiger partial charge in [0.1, 0.15) is 5.75 Å². The Kier molecular flexibility index (Phi) is 4.74. The molecule has 120 valence electrons. The van der Waals surface area contributed by atoms with Crippen LogP contribution in [0, 0.1) is 5.92 Å². The quantitative estimate of drug-likeness (QED) is 0.874. The highest BCUT2D eigenvalue weighted by Crippen LogP contribution is 2.28. The summed E-state index contributed by atoms with van der Waals surface area (Å²) in [7, 11) is 1.53. The maximum atomic E-state index is 12.9. The maximum absolute atomic E-state index is 12.9. The van der Waals surface area contributed by atoms with Gasteiger partial charge in [0, 0.05) is 5.92 Å². The van der Waals surface area contributed by atoms with Crippen LogP contribution in [-0.2, 0) is 4.79 Å². The summed E-state index contributed by atoms with van der Waals surface area (Å²) < 4.78 is 5.25. The number of carbonyl (C=O) groups excluding carboxylic acids is 2. The third-order valence-electron chi connectivity index (χ3n) is 3.91. The van der Waals surface area contributed by atoms with Crippen molar-refractivity contribution in [3.05, 3.63) is 29.8 Å². The maximum Gasteiger partial charge on any atom is 0.276 e. The van der Waals surface area contributed by atoms with Crippen LogP contribution >= 0.6 is 0 Å². The molecule has 2 rings (SSSR count). The van der Waals surface area contributed by atoms with Crippen LogP contribution in [-0.4, -0.2) is 29.5 Å². The second-order valence-corrected chi connectivity index (χ2v) is 6.62. The molecule has 22 heavy (non-hydrogen) atoms. The highest BCUT2D eigenvalue weighted by atomic mass is 16.5.